The first-order valence-corrected chi connectivity index (χ1v) is 8.99. The van der Waals surface area contributed by atoms with Crippen LogP contribution in [0.5, 0.6) is 0 Å². The summed E-state index contributed by atoms with van der Waals surface area (Å²) < 4.78 is 26.5. The number of carbonyl (C=O) groups excluding carboxylic acids is 1. The number of nitrogens with zero attached hydrogens (tertiary/aromatic N) is 3. The molecule has 1 atom stereocenters. The van der Waals surface area contributed by atoms with Crippen molar-refractivity contribution in [2.24, 2.45) is 0 Å². The van der Waals surface area contributed by atoms with Crippen molar-refractivity contribution in [3.05, 3.63) is 47.3 Å². The zero-order chi connectivity index (χ0) is 19.6. The van der Waals surface area contributed by atoms with Crippen molar-refractivity contribution in [2.45, 2.75) is 38.6 Å². The number of amides is 1. The van der Waals surface area contributed by atoms with Crippen molar-refractivity contribution in [1.82, 2.24) is 14.9 Å². The van der Waals surface area contributed by atoms with E-state index >= 15 is 0 Å². The number of benzene rings is 1. The second-order valence-electron chi connectivity index (χ2n) is 7.05. The highest BCUT2D eigenvalue weighted by Gasteiger charge is 2.26. The highest BCUT2D eigenvalue weighted by Crippen LogP contribution is 2.20. The molecular weight excluding hydrogens is 352 g/mol. The summed E-state index contributed by atoms with van der Waals surface area (Å²) in [6.45, 7) is 4.99. The Bertz CT molecular complexity index is 843. The first kappa shape index (κ1) is 19.0. The van der Waals surface area contributed by atoms with E-state index in [1.165, 1.54) is 6.07 Å². The Morgan fingerprint density at radius 1 is 1.26 bits per heavy atom. The number of hydrogen-bond donors (Lipinski definition) is 2. The lowest BCUT2D eigenvalue weighted by molar-refractivity contribution is 0.0708. The number of nitrogens with two attached hydrogens (primary N) is 1. The van der Waals surface area contributed by atoms with E-state index in [9.17, 15) is 13.6 Å². The van der Waals surface area contributed by atoms with Crippen LogP contribution in [0.4, 0.5) is 20.4 Å². The first-order chi connectivity index (χ1) is 12.8. The van der Waals surface area contributed by atoms with Gasteiger partial charge in [-0.25, -0.2) is 18.7 Å². The molecule has 8 heteroatoms. The molecule has 1 amide bonds. The molecule has 1 saturated heterocycles. The van der Waals surface area contributed by atoms with Gasteiger partial charge in [0.15, 0.2) is 11.6 Å². The lowest BCUT2D eigenvalue weighted by Crippen LogP contribution is -2.45. The number of nitrogens with one attached hydrogen (secondary N) is 1. The van der Waals surface area contributed by atoms with Crippen LogP contribution in [0.3, 0.4) is 0 Å². The summed E-state index contributed by atoms with van der Waals surface area (Å²) in [6, 6.07) is 5.31. The third kappa shape index (κ3) is 4.50. The number of carbonyl (C=O) groups is 1. The molecule has 3 N–H and O–H groups in total. The van der Waals surface area contributed by atoms with Gasteiger partial charge in [-0.2, -0.15) is 0 Å². The quantitative estimate of drug-likeness (QED) is 0.857. The summed E-state index contributed by atoms with van der Waals surface area (Å²) in [5.74, 6) is -1.78. The number of piperidine rings is 1. The van der Waals surface area contributed by atoms with Crippen molar-refractivity contribution in [3.8, 4) is 0 Å². The maximum absolute atomic E-state index is 13.4. The van der Waals surface area contributed by atoms with E-state index in [0.29, 0.717) is 18.8 Å². The third-order valence-corrected chi connectivity index (χ3v) is 4.57. The molecule has 1 aromatic heterocycles. The zero-order valence-corrected chi connectivity index (χ0v) is 15.4. The van der Waals surface area contributed by atoms with Gasteiger partial charge in [0.1, 0.15) is 5.69 Å². The topological polar surface area (TPSA) is 84.1 Å². The molecule has 27 heavy (non-hydrogen) atoms. The minimum Gasteiger partial charge on any atom is -0.380 e. The van der Waals surface area contributed by atoms with Crippen LogP contribution in [0.15, 0.2) is 24.3 Å². The van der Waals surface area contributed by atoms with Crippen LogP contribution in [-0.4, -0.2) is 39.9 Å². The smallest absolute Gasteiger partial charge is 0.272 e. The fourth-order valence-corrected chi connectivity index (χ4v) is 3.15. The SMILES string of the molecule is CC(C)c1cc(C(=O)N2CCC[C@H](Nc3ccc(F)c(F)c3)C2)nc(N)n1. The van der Waals surface area contributed by atoms with Crippen molar-refractivity contribution in [1.29, 1.82) is 0 Å². The van der Waals surface area contributed by atoms with Gasteiger partial charge in [0.2, 0.25) is 5.95 Å². The lowest BCUT2D eigenvalue weighted by Gasteiger charge is -2.33. The Morgan fingerprint density at radius 2 is 2.04 bits per heavy atom. The van der Waals surface area contributed by atoms with Gasteiger partial charge < -0.3 is 16.0 Å². The van der Waals surface area contributed by atoms with Crippen LogP contribution in [0, 0.1) is 11.6 Å². The average molecular weight is 375 g/mol. The molecule has 0 aliphatic carbocycles. The second-order valence-corrected chi connectivity index (χ2v) is 7.05. The van der Waals surface area contributed by atoms with E-state index in [0.717, 1.165) is 30.7 Å². The molecule has 1 aromatic carbocycles. The number of halogens is 2. The fraction of sp³-hybridized carbons (Fsp3) is 0.421. The predicted octanol–water partition coefficient (Wildman–Crippen LogP) is 3.18. The number of hydrogen-bond acceptors (Lipinski definition) is 5. The van der Waals surface area contributed by atoms with Crippen LogP contribution < -0.4 is 11.1 Å². The first-order valence-electron chi connectivity index (χ1n) is 8.99. The van der Waals surface area contributed by atoms with Crippen molar-refractivity contribution in [3.63, 3.8) is 0 Å². The van der Waals surface area contributed by atoms with Crippen LogP contribution >= 0.6 is 0 Å². The maximum Gasteiger partial charge on any atom is 0.272 e. The van der Waals surface area contributed by atoms with E-state index in [1.807, 2.05) is 13.8 Å². The Balaban J connectivity index is 1.72. The molecule has 1 aliphatic rings. The molecule has 0 saturated carbocycles. The van der Waals surface area contributed by atoms with E-state index in [-0.39, 0.29) is 29.5 Å². The molecule has 144 valence electrons. The van der Waals surface area contributed by atoms with Gasteiger partial charge in [0.25, 0.3) is 5.91 Å². The second kappa shape index (κ2) is 7.85. The van der Waals surface area contributed by atoms with Crippen LogP contribution in [0.1, 0.15) is 48.8 Å². The lowest BCUT2D eigenvalue weighted by atomic mass is 10.0. The summed E-state index contributed by atoms with van der Waals surface area (Å²) in [4.78, 5) is 22.8. The summed E-state index contributed by atoms with van der Waals surface area (Å²) in [6.07, 6.45) is 1.62. The standard InChI is InChI=1S/C19H23F2N5O/c1-11(2)16-9-17(25-19(22)24-16)18(27)26-7-3-4-13(10-26)23-12-5-6-14(20)15(21)8-12/h5-6,8-9,11,13,23H,3-4,7,10H2,1-2H3,(H2,22,24,25)/t13-/m0/s1. The summed E-state index contributed by atoms with van der Waals surface area (Å²) >= 11 is 0. The normalized spacial score (nSPS) is 17.2. The largest absolute Gasteiger partial charge is 0.380 e. The number of anilines is 2. The van der Waals surface area contributed by atoms with Gasteiger partial charge in [0.05, 0.1) is 0 Å². The van der Waals surface area contributed by atoms with Gasteiger partial charge in [-0.1, -0.05) is 13.8 Å². The molecule has 0 spiro atoms. The highest BCUT2D eigenvalue weighted by atomic mass is 19.2. The van der Waals surface area contributed by atoms with Gasteiger partial charge in [0, 0.05) is 36.6 Å². The van der Waals surface area contributed by atoms with Crippen LogP contribution in [0.25, 0.3) is 0 Å². The molecule has 0 unspecified atom stereocenters. The Kier molecular flexibility index (Phi) is 5.53. The Labute approximate surface area is 156 Å². The number of rotatable bonds is 4. The maximum atomic E-state index is 13.4. The predicted molar refractivity (Wildman–Crippen MR) is 99.4 cm³/mol. The zero-order valence-electron chi connectivity index (χ0n) is 15.4. The van der Waals surface area contributed by atoms with E-state index in [1.54, 1.807) is 11.0 Å². The van der Waals surface area contributed by atoms with E-state index < -0.39 is 11.6 Å². The average Bonchev–Trinajstić information content (AvgIpc) is 2.64. The van der Waals surface area contributed by atoms with E-state index in [4.69, 9.17) is 5.73 Å². The summed E-state index contributed by atoms with van der Waals surface area (Å²) in [5.41, 5.74) is 7.24. The number of nitrogen functional groups attached to an aromatic ring is 1. The monoisotopic (exact) mass is 375 g/mol. The molecule has 1 fully saturated rings. The molecule has 3 rings (SSSR count). The van der Waals surface area contributed by atoms with Gasteiger partial charge >= 0.3 is 0 Å². The summed E-state index contributed by atoms with van der Waals surface area (Å²) in [5, 5.41) is 3.17. The number of likely N-dealkylation sites (tertiary alicyclic amines) is 1. The van der Waals surface area contributed by atoms with Gasteiger partial charge in [-0.05, 0) is 37.0 Å². The number of aromatic nitrogens is 2. The van der Waals surface area contributed by atoms with Crippen molar-refractivity contribution >= 4 is 17.5 Å². The van der Waals surface area contributed by atoms with Gasteiger partial charge in [-0.15, -0.1) is 0 Å². The Hall–Kier alpha value is -2.77. The summed E-state index contributed by atoms with van der Waals surface area (Å²) in [7, 11) is 0. The van der Waals surface area contributed by atoms with Crippen LogP contribution in [-0.2, 0) is 0 Å². The highest BCUT2D eigenvalue weighted by molar-refractivity contribution is 5.92. The van der Waals surface area contributed by atoms with Crippen LogP contribution in [0.2, 0.25) is 0 Å². The van der Waals surface area contributed by atoms with Gasteiger partial charge in [-0.3, -0.25) is 4.79 Å². The molecule has 0 bridgehead atoms. The molecular formula is C19H23F2N5O. The van der Waals surface area contributed by atoms with E-state index in [2.05, 4.69) is 15.3 Å². The molecule has 1 aliphatic heterocycles. The minimum atomic E-state index is -0.901. The fourth-order valence-electron chi connectivity index (χ4n) is 3.15. The molecule has 2 aromatic rings. The van der Waals surface area contributed by atoms with Crippen molar-refractivity contribution in [2.75, 3.05) is 24.1 Å². The third-order valence-electron chi connectivity index (χ3n) is 4.57. The molecule has 6 nitrogen and oxygen atoms in total. The van der Waals surface area contributed by atoms with Crippen molar-refractivity contribution < 1.29 is 13.6 Å². The molecule has 0 radical (unpaired) electrons. The minimum absolute atomic E-state index is 0.0590. The molecule has 2 heterocycles. The Morgan fingerprint density at radius 3 is 2.74 bits per heavy atom.